The summed E-state index contributed by atoms with van der Waals surface area (Å²) in [6.45, 7) is 4.24. The minimum absolute atomic E-state index is 0. The Balaban J connectivity index is 0.00000162. The van der Waals surface area contributed by atoms with Gasteiger partial charge in [0.2, 0.25) is 0 Å². The van der Waals surface area contributed by atoms with Crippen molar-refractivity contribution in [2.75, 3.05) is 13.1 Å². The number of hydrogen-bond donors (Lipinski definition) is 1. The van der Waals surface area contributed by atoms with Gasteiger partial charge >= 0.3 is 0 Å². The number of piperidine rings is 1. The Morgan fingerprint density at radius 3 is 2.67 bits per heavy atom. The van der Waals surface area contributed by atoms with Gasteiger partial charge in [-0.15, -0.1) is 12.4 Å². The topological polar surface area (TPSA) is 35.8 Å². The number of benzene rings is 1. The summed E-state index contributed by atoms with van der Waals surface area (Å²) in [4.78, 5) is 0. The van der Waals surface area contributed by atoms with Crippen LogP contribution in [0.3, 0.4) is 0 Å². The maximum Gasteiger partial charge on any atom is 0.0994 e. The summed E-state index contributed by atoms with van der Waals surface area (Å²) in [6, 6.07) is 8.19. The highest BCUT2D eigenvalue weighted by Crippen LogP contribution is 2.16. The third kappa shape index (κ3) is 3.87. The van der Waals surface area contributed by atoms with Gasteiger partial charge < -0.3 is 5.32 Å². The van der Waals surface area contributed by atoms with Crippen LogP contribution in [0.15, 0.2) is 24.3 Å². The molecule has 1 aliphatic heterocycles. The van der Waals surface area contributed by atoms with Crippen molar-refractivity contribution in [1.82, 2.24) is 5.32 Å². The zero-order valence-corrected chi connectivity index (χ0v) is 11.5. The van der Waals surface area contributed by atoms with Crippen molar-refractivity contribution in [3.63, 3.8) is 0 Å². The second kappa shape index (κ2) is 7.20. The van der Waals surface area contributed by atoms with Gasteiger partial charge in [-0.25, -0.2) is 0 Å². The molecular formula is C15H19ClN2. The number of allylic oxidation sites excluding steroid dienone is 1. The summed E-state index contributed by atoms with van der Waals surface area (Å²) in [7, 11) is 0. The first-order valence-electron chi connectivity index (χ1n) is 6.19. The molecule has 0 amide bonds. The molecule has 1 fully saturated rings. The van der Waals surface area contributed by atoms with E-state index in [1.54, 1.807) is 0 Å². The Morgan fingerprint density at radius 2 is 2.06 bits per heavy atom. The van der Waals surface area contributed by atoms with E-state index in [9.17, 15) is 0 Å². The van der Waals surface area contributed by atoms with Crippen molar-refractivity contribution < 1.29 is 0 Å². The Kier molecular flexibility index (Phi) is 5.91. The monoisotopic (exact) mass is 262 g/mol. The summed E-state index contributed by atoms with van der Waals surface area (Å²) in [5.74, 6) is 0.701. The smallest absolute Gasteiger partial charge is 0.0994 e. The highest BCUT2D eigenvalue weighted by molar-refractivity contribution is 5.85. The number of nitrogens with one attached hydrogen (secondary N) is 1. The predicted molar refractivity (Wildman–Crippen MR) is 77.8 cm³/mol. The molecule has 0 atom stereocenters. The number of nitrogens with zero attached hydrogens (tertiary/aromatic N) is 1. The maximum absolute atomic E-state index is 8.87. The molecule has 1 aromatic rings. The molecule has 1 aromatic carbocycles. The molecule has 96 valence electrons. The van der Waals surface area contributed by atoms with Gasteiger partial charge in [-0.1, -0.05) is 24.3 Å². The Morgan fingerprint density at radius 1 is 1.33 bits per heavy atom. The fraction of sp³-hybridized carbons (Fsp3) is 0.400. The van der Waals surface area contributed by atoms with E-state index in [1.165, 1.54) is 18.4 Å². The Hall–Kier alpha value is -1.30. The molecule has 1 saturated heterocycles. The Bertz CT molecular complexity index is 454. The predicted octanol–water partition coefficient (Wildman–Crippen LogP) is 3.30. The van der Waals surface area contributed by atoms with E-state index in [2.05, 4.69) is 29.6 Å². The van der Waals surface area contributed by atoms with Gasteiger partial charge in [0, 0.05) is 0 Å². The van der Waals surface area contributed by atoms with Crippen LogP contribution in [0, 0.1) is 24.2 Å². The normalized spacial score (nSPS) is 16.2. The molecule has 0 spiro atoms. The van der Waals surface area contributed by atoms with Gasteiger partial charge in [0.05, 0.1) is 11.6 Å². The molecule has 0 bridgehead atoms. The van der Waals surface area contributed by atoms with Gasteiger partial charge in [0.15, 0.2) is 0 Å². The zero-order chi connectivity index (χ0) is 12.1. The van der Waals surface area contributed by atoms with E-state index in [1.807, 2.05) is 19.1 Å². The maximum atomic E-state index is 8.87. The average molecular weight is 263 g/mol. The van der Waals surface area contributed by atoms with Crippen molar-refractivity contribution >= 4 is 18.5 Å². The second-order valence-corrected chi connectivity index (χ2v) is 4.63. The number of aryl methyl sites for hydroxylation is 1. The SMILES string of the molecule is Cc1cc(C=CC2CCNCC2)ccc1C#N.Cl. The first kappa shape index (κ1) is 14.8. The van der Waals surface area contributed by atoms with Crippen LogP contribution in [0.25, 0.3) is 6.08 Å². The van der Waals surface area contributed by atoms with Crippen molar-refractivity contribution in [2.24, 2.45) is 5.92 Å². The number of nitriles is 1. The summed E-state index contributed by atoms with van der Waals surface area (Å²) in [6.07, 6.45) is 6.95. The van der Waals surface area contributed by atoms with Crippen LogP contribution in [0.5, 0.6) is 0 Å². The lowest BCUT2D eigenvalue weighted by molar-refractivity contribution is 0.438. The zero-order valence-electron chi connectivity index (χ0n) is 10.6. The van der Waals surface area contributed by atoms with Gasteiger partial charge in [-0.2, -0.15) is 5.26 Å². The van der Waals surface area contributed by atoms with Gasteiger partial charge in [0.1, 0.15) is 0 Å². The molecule has 2 nitrogen and oxygen atoms in total. The highest BCUT2D eigenvalue weighted by atomic mass is 35.5. The first-order valence-corrected chi connectivity index (χ1v) is 6.19. The molecule has 0 radical (unpaired) electrons. The summed E-state index contributed by atoms with van der Waals surface area (Å²) in [5.41, 5.74) is 3.02. The minimum atomic E-state index is 0. The van der Waals surface area contributed by atoms with Crippen molar-refractivity contribution in [1.29, 1.82) is 5.26 Å². The second-order valence-electron chi connectivity index (χ2n) is 4.63. The molecule has 18 heavy (non-hydrogen) atoms. The van der Waals surface area contributed by atoms with Crippen LogP contribution in [-0.4, -0.2) is 13.1 Å². The fourth-order valence-electron chi connectivity index (χ4n) is 2.20. The van der Waals surface area contributed by atoms with Gasteiger partial charge in [0.25, 0.3) is 0 Å². The molecule has 2 rings (SSSR count). The summed E-state index contributed by atoms with van der Waals surface area (Å²) >= 11 is 0. The fourth-order valence-corrected chi connectivity index (χ4v) is 2.20. The standard InChI is InChI=1S/C15H18N2.ClH/c1-12-10-14(4-5-15(12)11-16)3-2-13-6-8-17-9-7-13;/h2-5,10,13,17H,6-9H2,1H3;1H. The van der Waals surface area contributed by atoms with E-state index in [0.717, 1.165) is 24.2 Å². The number of hydrogen-bond acceptors (Lipinski definition) is 2. The van der Waals surface area contributed by atoms with Crippen molar-refractivity contribution in [3.8, 4) is 6.07 Å². The summed E-state index contributed by atoms with van der Waals surface area (Å²) < 4.78 is 0. The number of halogens is 1. The van der Waals surface area contributed by atoms with Crippen LogP contribution >= 0.6 is 12.4 Å². The third-order valence-electron chi connectivity index (χ3n) is 3.32. The number of rotatable bonds is 2. The van der Waals surface area contributed by atoms with Gasteiger partial charge in [-0.3, -0.25) is 0 Å². The lowest BCUT2D eigenvalue weighted by Crippen LogP contribution is -2.26. The molecule has 3 heteroatoms. The third-order valence-corrected chi connectivity index (χ3v) is 3.32. The van der Waals surface area contributed by atoms with E-state index in [0.29, 0.717) is 5.92 Å². The van der Waals surface area contributed by atoms with Crippen LogP contribution in [-0.2, 0) is 0 Å². The largest absolute Gasteiger partial charge is 0.317 e. The Labute approximate surface area is 115 Å². The van der Waals surface area contributed by atoms with Crippen molar-refractivity contribution in [3.05, 3.63) is 41.0 Å². The lowest BCUT2D eigenvalue weighted by atomic mass is 9.96. The molecule has 1 heterocycles. The summed E-state index contributed by atoms with van der Waals surface area (Å²) in [5, 5.41) is 12.2. The molecule has 1 aliphatic rings. The van der Waals surface area contributed by atoms with E-state index >= 15 is 0 Å². The lowest BCUT2D eigenvalue weighted by Gasteiger charge is -2.19. The highest BCUT2D eigenvalue weighted by Gasteiger charge is 2.08. The van der Waals surface area contributed by atoms with Gasteiger partial charge in [-0.05, 0) is 56.0 Å². The molecule has 0 aromatic heterocycles. The van der Waals surface area contributed by atoms with E-state index in [4.69, 9.17) is 5.26 Å². The van der Waals surface area contributed by atoms with Crippen LogP contribution in [0.4, 0.5) is 0 Å². The molecule has 0 saturated carbocycles. The van der Waals surface area contributed by atoms with E-state index < -0.39 is 0 Å². The molecule has 0 unspecified atom stereocenters. The molecule has 0 aliphatic carbocycles. The van der Waals surface area contributed by atoms with Crippen LogP contribution in [0.2, 0.25) is 0 Å². The molecule has 1 N–H and O–H groups in total. The van der Waals surface area contributed by atoms with Crippen LogP contribution in [0.1, 0.15) is 29.5 Å². The average Bonchev–Trinajstić information content (AvgIpc) is 2.38. The quantitative estimate of drug-likeness (QED) is 0.888. The molecular weight excluding hydrogens is 244 g/mol. The van der Waals surface area contributed by atoms with Crippen LogP contribution < -0.4 is 5.32 Å². The van der Waals surface area contributed by atoms with Crippen molar-refractivity contribution in [2.45, 2.75) is 19.8 Å². The first-order chi connectivity index (χ1) is 8.29. The minimum Gasteiger partial charge on any atom is -0.317 e. The van der Waals surface area contributed by atoms with E-state index in [-0.39, 0.29) is 12.4 Å².